The molecular weight excluding hydrogens is 326 g/mol. The van der Waals surface area contributed by atoms with Crippen LogP contribution in [0.1, 0.15) is 21.7 Å². The second-order valence-electron chi connectivity index (χ2n) is 5.26. The van der Waals surface area contributed by atoms with Crippen LogP contribution in [0.3, 0.4) is 0 Å². The van der Waals surface area contributed by atoms with Crippen LogP contribution in [0.4, 0.5) is 11.4 Å². The van der Waals surface area contributed by atoms with Gasteiger partial charge in [0, 0.05) is 23.1 Å². The van der Waals surface area contributed by atoms with E-state index in [2.05, 4.69) is 15.6 Å². The van der Waals surface area contributed by atoms with Crippen molar-refractivity contribution in [3.8, 4) is 0 Å². The number of carbonyl (C=O) groups excluding carboxylic acids is 1. The van der Waals surface area contributed by atoms with E-state index in [4.69, 9.17) is 16.0 Å². The maximum absolute atomic E-state index is 12.4. The fourth-order valence-electron chi connectivity index (χ4n) is 2.20. The van der Waals surface area contributed by atoms with Crippen molar-refractivity contribution in [1.29, 1.82) is 0 Å². The fraction of sp³-hybridized carbons (Fsp3) is 0.111. The number of furan rings is 1. The van der Waals surface area contributed by atoms with Crippen molar-refractivity contribution in [1.82, 2.24) is 4.98 Å². The number of carbonyl (C=O) groups is 1. The molecule has 3 aromatic rings. The number of hydrogen-bond donors (Lipinski definition) is 2. The van der Waals surface area contributed by atoms with Crippen LogP contribution in [0.15, 0.2) is 59.5 Å². The molecular formula is C18H16ClN3O2. The zero-order chi connectivity index (χ0) is 16.9. The first-order valence-electron chi connectivity index (χ1n) is 7.41. The summed E-state index contributed by atoms with van der Waals surface area (Å²) in [6.07, 6.45) is 4.80. The van der Waals surface area contributed by atoms with Crippen LogP contribution in [-0.4, -0.2) is 10.9 Å². The van der Waals surface area contributed by atoms with Gasteiger partial charge in [0.05, 0.1) is 24.1 Å². The molecule has 2 aromatic heterocycles. The summed E-state index contributed by atoms with van der Waals surface area (Å²) >= 11 is 6.08. The third-order valence-corrected chi connectivity index (χ3v) is 3.97. The van der Waals surface area contributed by atoms with Gasteiger partial charge in [0.25, 0.3) is 5.91 Å². The number of benzene rings is 1. The van der Waals surface area contributed by atoms with Crippen molar-refractivity contribution in [3.05, 3.63) is 77.0 Å². The molecule has 2 heterocycles. The second-order valence-corrected chi connectivity index (χ2v) is 5.67. The molecule has 0 aliphatic heterocycles. The Morgan fingerprint density at radius 2 is 2.12 bits per heavy atom. The SMILES string of the molecule is Cc1c(Cl)cccc1NC(=O)c1cncc(NCc2ccco2)c1. The molecule has 1 amide bonds. The van der Waals surface area contributed by atoms with E-state index < -0.39 is 0 Å². The quantitative estimate of drug-likeness (QED) is 0.717. The maximum atomic E-state index is 12.4. The highest BCUT2D eigenvalue weighted by molar-refractivity contribution is 6.31. The zero-order valence-corrected chi connectivity index (χ0v) is 13.8. The Kier molecular flexibility index (Phi) is 4.82. The van der Waals surface area contributed by atoms with Gasteiger partial charge < -0.3 is 15.1 Å². The predicted octanol–water partition coefficient (Wildman–Crippen LogP) is 4.50. The molecule has 0 atom stereocenters. The van der Waals surface area contributed by atoms with Crippen molar-refractivity contribution in [2.45, 2.75) is 13.5 Å². The van der Waals surface area contributed by atoms with Crippen molar-refractivity contribution >= 4 is 28.9 Å². The molecule has 0 unspecified atom stereocenters. The average molecular weight is 342 g/mol. The smallest absolute Gasteiger partial charge is 0.257 e. The first kappa shape index (κ1) is 16.1. The number of amides is 1. The molecule has 122 valence electrons. The number of aromatic nitrogens is 1. The lowest BCUT2D eigenvalue weighted by atomic mass is 10.2. The molecule has 24 heavy (non-hydrogen) atoms. The minimum absolute atomic E-state index is 0.241. The maximum Gasteiger partial charge on any atom is 0.257 e. The summed E-state index contributed by atoms with van der Waals surface area (Å²) in [5, 5.41) is 6.63. The molecule has 5 nitrogen and oxygen atoms in total. The molecule has 0 spiro atoms. The highest BCUT2D eigenvalue weighted by Gasteiger charge is 2.10. The van der Waals surface area contributed by atoms with Crippen LogP contribution in [0.5, 0.6) is 0 Å². The largest absolute Gasteiger partial charge is 0.467 e. The lowest BCUT2D eigenvalue weighted by molar-refractivity contribution is 0.102. The molecule has 2 N–H and O–H groups in total. The van der Waals surface area contributed by atoms with Gasteiger partial charge in [0.15, 0.2) is 0 Å². The van der Waals surface area contributed by atoms with Gasteiger partial charge in [0.1, 0.15) is 5.76 Å². The molecule has 6 heteroatoms. The lowest BCUT2D eigenvalue weighted by Crippen LogP contribution is -2.13. The highest BCUT2D eigenvalue weighted by Crippen LogP contribution is 2.23. The van der Waals surface area contributed by atoms with Crippen LogP contribution in [-0.2, 0) is 6.54 Å². The van der Waals surface area contributed by atoms with Crippen LogP contribution >= 0.6 is 11.6 Å². The first-order chi connectivity index (χ1) is 11.6. The van der Waals surface area contributed by atoms with Gasteiger partial charge in [-0.25, -0.2) is 0 Å². The van der Waals surface area contributed by atoms with E-state index in [-0.39, 0.29) is 5.91 Å². The van der Waals surface area contributed by atoms with Crippen molar-refractivity contribution in [3.63, 3.8) is 0 Å². The molecule has 3 rings (SSSR count). The van der Waals surface area contributed by atoms with Crippen LogP contribution in [0.25, 0.3) is 0 Å². The van der Waals surface area contributed by atoms with Gasteiger partial charge in [0.2, 0.25) is 0 Å². The molecule has 0 aliphatic rings. The third kappa shape index (κ3) is 3.75. The lowest BCUT2D eigenvalue weighted by Gasteiger charge is -2.10. The average Bonchev–Trinajstić information content (AvgIpc) is 3.11. The summed E-state index contributed by atoms with van der Waals surface area (Å²) in [4.78, 5) is 16.5. The molecule has 0 fully saturated rings. The minimum atomic E-state index is -0.241. The highest BCUT2D eigenvalue weighted by atomic mass is 35.5. The van der Waals surface area contributed by atoms with Crippen LogP contribution < -0.4 is 10.6 Å². The normalized spacial score (nSPS) is 10.4. The summed E-state index contributed by atoms with van der Waals surface area (Å²) < 4.78 is 5.26. The second kappa shape index (κ2) is 7.19. The molecule has 0 aliphatic carbocycles. The van der Waals surface area contributed by atoms with Crippen LogP contribution in [0, 0.1) is 6.92 Å². The summed E-state index contributed by atoms with van der Waals surface area (Å²) in [5.41, 5.74) is 2.70. The van der Waals surface area contributed by atoms with E-state index in [1.54, 1.807) is 30.7 Å². The van der Waals surface area contributed by atoms with Crippen molar-refractivity contribution in [2.75, 3.05) is 10.6 Å². The third-order valence-electron chi connectivity index (χ3n) is 3.56. The van der Waals surface area contributed by atoms with Crippen LogP contribution in [0.2, 0.25) is 5.02 Å². The van der Waals surface area contributed by atoms with E-state index in [0.717, 1.165) is 17.0 Å². The number of anilines is 2. The monoisotopic (exact) mass is 341 g/mol. The molecule has 0 radical (unpaired) electrons. The summed E-state index contributed by atoms with van der Waals surface area (Å²) in [6, 6.07) is 10.8. The van der Waals surface area contributed by atoms with E-state index in [0.29, 0.717) is 22.8 Å². The van der Waals surface area contributed by atoms with E-state index in [1.807, 2.05) is 25.1 Å². The Balaban J connectivity index is 1.71. The number of pyridine rings is 1. The number of rotatable bonds is 5. The van der Waals surface area contributed by atoms with Crippen molar-refractivity contribution < 1.29 is 9.21 Å². The number of halogens is 1. The van der Waals surface area contributed by atoms with Gasteiger partial charge in [-0.05, 0) is 42.8 Å². The Labute approximate surface area is 144 Å². The summed E-state index contributed by atoms with van der Waals surface area (Å²) in [7, 11) is 0. The fourth-order valence-corrected chi connectivity index (χ4v) is 2.38. The topological polar surface area (TPSA) is 67.2 Å². The summed E-state index contributed by atoms with van der Waals surface area (Å²) in [5.74, 6) is 0.564. The van der Waals surface area contributed by atoms with Crippen molar-refractivity contribution in [2.24, 2.45) is 0 Å². The molecule has 0 saturated heterocycles. The number of nitrogens with one attached hydrogen (secondary N) is 2. The van der Waals surface area contributed by atoms with Gasteiger partial charge >= 0.3 is 0 Å². The first-order valence-corrected chi connectivity index (χ1v) is 7.79. The van der Waals surface area contributed by atoms with Gasteiger partial charge in [-0.15, -0.1) is 0 Å². The molecule has 0 saturated carbocycles. The number of hydrogen-bond acceptors (Lipinski definition) is 4. The van der Waals surface area contributed by atoms with E-state index in [1.165, 1.54) is 6.20 Å². The Hall–Kier alpha value is -2.79. The van der Waals surface area contributed by atoms with Gasteiger partial charge in [-0.3, -0.25) is 9.78 Å². The minimum Gasteiger partial charge on any atom is -0.467 e. The molecule has 0 bridgehead atoms. The standard InChI is InChI=1S/C18H16ClN3O2/c1-12-16(19)5-2-6-17(12)22-18(23)13-8-14(10-20-9-13)21-11-15-4-3-7-24-15/h2-10,21H,11H2,1H3,(H,22,23). The Morgan fingerprint density at radius 3 is 2.92 bits per heavy atom. The van der Waals surface area contributed by atoms with E-state index in [9.17, 15) is 4.79 Å². The number of nitrogens with zero attached hydrogens (tertiary/aromatic N) is 1. The molecule has 1 aromatic carbocycles. The van der Waals surface area contributed by atoms with Gasteiger partial charge in [-0.2, -0.15) is 0 Å². The van der Waals surface area contributed by atoms with Gasteiger partial charge in [-0.1, -0.05) is 17.7 Å². The van der Waals surface area contributed by atoms with E-state index >= 15 is 0 Å². The Bertz CT molecular complexity index is 847. The summed E-state index contributed by atoms with van der Waals surface area (Å²) in [6.45, 7) is 2.38. The predicted molar refractivity (Wildman–Crippen MR) is 94.4 cm³/mol. The Morgan fingerprint density at radius 1 is 1.25 bits per heavy atom. The zero-order valence-electron chi connectivity index (χ0n) is 13.0.